The zero-order chi connectivity index (χ0) is 20.1. The van der Waals surface area contributed by atoms with Gasteiger partial charge < -0.3 is 5.32 Å². The summed E-state index contributed by atoms with van der Waals surface area (Å²) in [6.45, 7) is 1.69. The molecule has 5 nitrogen and oxygen atoms in total. The van der Waals surface area contributed by atoms with E-state index in [0.717, 1.165) is 31.2 Å². The van der Waals surface area contributed by atoms with Crippen molar-refractivity contribution in [1.29, 1.82) is 0 Å². The number of rotatable bonds is 7. The van der Waals surface area contributed by atoms with Gasteiger partial charge in [0.05, 0.1) is 11.4 Å². The van der Waals surface area contributed by atoms with E-state index in [2.05, 4.69) is 5.32 Å². The summed E-state index contributed by atoms with van der Waals surface area (Å²) in [6, 6.07) is 13.8. The first-order chi connectivity index (χ1) is 13.4. The highest BCUT2D eigenvalue weighted by Crippen LogP contribution is 2.23. The molecule has 1 saturated carbocycles. The zero-order valence-electron chi connectivity index (χ0n) is 15.9. The lowest BCUT2D eigenvalue weighted by atomic mass is 10.2. The van der Waals surface area contributed by atoms with Crippen LogP contribution in [0.15, 0.2) is 53.4 Å². The van der Waals surface area contributed by atoms with Gasteiger partial charge in [0.15, 0.2) is 0 Å². The van der Waals surface area contributed by atoms with E-state index in [1.54, 1.807) is 48.5 Å². The molecule has 3 rings (SSSR count). The molecule has 1 aliphatic rings. The molecule has 28 heavy (non-hydrogen) atoms. The van der Waals surface area contributed by atoms with Crippen molar-refractivity contribution in [1.82, 2.24) is 9.62 Å². The normalized spacial score (nSPS) is 15.1. The van der Waals surface area contributed by atoms with Crippen molar-refractivity contribution in [3.8, 4) is 0 Å². The molecule has 0 heterocycles. The molecule has 0 saturated heterocycles. The molecule has 150 valence electrons. The van der Waals surface area contributed by atoms with Gasteiger partial charge in [0.2, 0.25) is 15.9 Å². The van der Waals surface area contributed by atoms with Gasteiger partial charge in [-0.2, -0.15) is 4.31 Å². The summed E-state index contributed by atoms with van der Waals surface area (Å²) in [7, 11) is -3.85. The number of halogens is 1. The molecule has 1 amide bonds. The van der Waals surface area contributed by atoms with Crippen molar-refractivity contribution in [3.63, 3.8) is 0 Å². The molecule has 0 aromatic heterocycles. The van der Waals surface area contributed by atoms with Gasteiger partial charge in [0.25, 0.3) is 0 Å². The number of aryl methyl sites for hydroxylation is 1. The van der Waals surface area contributed by atoms with Crippen LogP contribution in [0.25, 0.3) is 0 Å². The lowest BCUT2D eigenvalue weighted by Gasteiger charge is -2.23. The fraction of sp³-hybridized carbons (Fsp3) is 0.381. The van der Waals surface area contributed by atoms with Gasteiger partial charge in [-0.3, -0.25) is 4.79 Å². The highest BCUT2D eigenvalue weighted by atomic mass is 35.5. The van der Waals surface area contributed by atoms with Crippen molar-refractivity contribution in [2.75, 3.05) is 6.54 Å². The van der Waals surface area contributed by atoms with Gasteiger partial charge >= 0.3 is 0 Å². The Kier molecular flexibility index (Phi) is 6.75. The summed E-state index contributed by atoms with van der Waals surface area (Å²) >= 11 is 6.24. The van der Waals surface area contributed by atoms with Gasteiger partial charge in [0.1, 0.15) is 0 Å². The van der Waals surface area contributed by atoms with Crippen molar-refractivity contribution in [2.24, 2.45) is 0 Å². The van der Waals surface area contributed by atoms with E-state index in [1.165, 1.54) is 4.31 Å². The second-order valence-electron chi connectivity index (χ2n) is 7.23. The van der Waals surface area contributed by atoms with E-state index in [9.17, 15) is 13.2 Å². The number of amides is 1. The minimum absolute atomic E-state index is 0.0357. The number of hydrogen-bond donors (Lipinski definition) is 1. The molecule has 0 aliphatic heterocycles. The lowest BCUT2D eigenvalue weighted by Crippen LogP contribution is -2.43. The molecule has 1 fully saturated rings. The highest BCUT2D eigenvalue weighted by molar-refractivity contribution is 7.89. The fourth-order valence-electron chi connectivity index (χ4n) is 3.41. The molecule has 0 bridgehead atoms. The predicted octanol–water partition coefficient (Wildman–Crippen LogP) is 3.90. The molecule has 0 radical (unpaired) electrons. The van der Waals surface area contributed by atoms with Gasteiger partial charge in [0, 0.05) is 17.6 Å². The molecule has 0 spiro atoms. The number of sulfonamides is 1. The third-order valence-corrected chi connectivity index (χ3v) is 7.18. The maximum atomic E-state index is 13.2. The van der Waals surface area contributed by atoms with E-state index < -0.39 is 10.0 Å². The molecular formula is C21H25ClN2O3S. The summed E-state index contributed by atoms with van der Waals surface area (Å²) in [5.41, 5.74) is 1.63. The Morgan fingerprint density at radius 1 is 1.11 bits per heavy atom. The first-order valence-corrected chi connectivity index (χ1v) is 11.3. The van der Waals surface area contributed by atoms with Crippen molar-refractivity contribution in [2.45, 2.75) is 50.1 Å². The quantitative estimate of drug-likeness (QED) is 0.738. The monoisotopic (exact) mass is 420 g/mol. The van der Waals surface area contributed by atoms with Crippen LogP contribution in [0.1, 0.15) is 36.8 Å². The zero-order valence-corrected chi connectivity index (χ0v) is 17.5. The summed E-state index contributed by atoms with van der Waals surface area (Å²) < 4.78 is 27.7. The topological polar surface area (TPSA) is 66.5 Å². The molecule has 0 unspecified atom stereocenters. The number of carbonyl (C=O) groups excluding carboxylic acids is 1. The van der Waals surface area contributed by atoms with Gasteiger partial charge in [-0.25, -0.2) is 8.42 Å². The average molecular weight is 421 g/mol. The summed E-state index contributed by atoms with van der Waals surface area (Å²) in [6.07, 6.45) is 4.08. The first kappa shape index (κ1) is 20.8. The van der Waals surface area contributed by atoms with Crippen LogP contribution in [0.4, 0.5) is 0 Å². The molecule has 7 heteroatoms. The van der Waals surface area contributed by atoms with Crippen molar-refractivity contribution < 1.29 is 13.2 Å². The molecule has 0 atom stereocenters. The third kappa shape index (κ3) is 5.13. The van der Waals surface area contributed by atoms with Gasteiger partial charge in [-0.1, -0.05) is 60.3 Å². The van der Waals surface area contributed by atoms with E-state index in [-0.39, 0.29) is 29.9 Å². The van der Waals surface area contributed by atoms with Crippen LogP contribution in [-0.4, -0.2) is 31.2 Å². The molecule has 1 N–H and O–H groups in total. The smallest absolute Gasteiger partial charge is 0.243 e. The largest absolute Gasteiger partial charge is 0.352 e. The minimum atomic E-state index is -3.85. The lowest BCUT2D eigenvalue weighted by molar-refractivity contribution is -0.122. The maximum Gasteiger partial charge on any atom is 0.243 e. The van der Waals surface area contributed by atoms with Crippen molar-refractivity contribution >= 4 is 27.5 Å². The fourth-order valence-corrected chi connectivity index (χ4v) is 4.98. The van der Waals surface area contributed by atoms with E-state index in [1.807, 2.05) is 6.92 Å². The Labute approximate surface area is 171 Å². The summed E-state index contributed by atoms with van der Waals surface area (Å²) in [4.78, 5) is 12.7. The van der Waals surface area contributed by atoms with Crippen LogP contribution >= 0.6 is 11.6 Å². The number of carbonyl (C=O) groups is 1. The molecular weight excluding hydrogens is 396 g/mol. The van der Waals surface area contributed by atoms with E-state index >= 15 is 0 Å². The average Bonchev–Trinajstić information content (AvgIpc) is 3.16. The maximum absolute atomic E-state index is 13.2. The summed E-state index contributed by atoms with van der Waals surface area (Å²) in [5, 5.41) is 3.44. The van der Waals surface area contributed by atoms with Gasteiger partial charge in [-0.15, -0.1) is 0 Å². The van der Waals surface area contributed by atoms with Crippen LogP contribution in [0, 0.1) is 6.92 Å². The van der Waals surface area contributed by atoms with E-state index in [0.29, 0.717) is 10.6 Å². The number of nitrogens with one attached hydrogen (secondary N) is 1. The Bertz CT molecular complexity index is 923. The SMILES string of the molecule is Cc1ccc(S(=O)(=O)N(CC(=O)NC2CCCC2)Cc2ccccc2Cl)cc1. The number of hydrogen-bond acceptors (Lipinski definition) is 3. The van der Waals surface area contributed by atoms with Crippen LogP contribution in [0.5, 0.6) is 0 Å². The van der Waals surface area contributed by atoms with Crippen molar-refractivity contribution in [3.05, 3.63) is 64.7 Å². The van der Waals surface area contributed by atoms with E-state index in [4.69, 9.17) is 11.6 Å². The Morgan fingerprint density at radius 2 is 1.75 bits per heavy atom. The molecule has 1 aliphatic carbocycles. The Morgan fingerprint density at radius 3 is 2.39 bits per heavy atom. The predicted molar refractivity (Wildman–Crippen MR) is 111 cm³/mol. The third-order valence-electron chi connectivity index (χ3n) is 5.00. The Balaban J connectivity index is 1.85. The van der Waals surface area contributed by atoms with Crippen LogP contribution in [0.2, 0.25) is 5.02 Å². The number of benzene rings is 2. The first-order valence-electron chi connectivity index (χ1n) is 9.46. The van der Waals surface area contributed by atoms with Crippen LogP contribution in [0.3, 0.4) is 0 Å². The summed E-state index contributed by atoms with van der Waals surface area (Å²) in [5.74, 6) is -0.283. The molecule has 2 aromatic carbocycles. The minimum Gasteiger partial charge on any atom is -0.352 e. The second-order valence-corrected chi connectivity index (χ2v) is 9.57. The second kappa shape index (κ2) is 9.07. The van der Waals surface area contributed by atoms with Crippen LogP contribution in [-0.2, 0) is 21.4 Å². The molecule has 2 aromatic rings. The van der Waals surface area contributed by atoms with Gasteiger partial charge in [-0.05, 0) is 43.5 Å². The van der Waals surface area contributed by atoms with Crippen LogP contribution < -0.4 is 5.32 Å². The Hall–Kier alpha value is -1.89. The number of nitrogens with zero attached hydrogens (tertiary/aromatic N) is 1. The standard InChI is InChI=1S/C21H25ClN2O3S/c1-16-10-12-19(13-11-16)28(26,27)24(14-17-6-2-5-9-20(17)22)15-21(25)23-18-7-3-4-8-18/h2,5-6,9-13,18H,3-4,7-8,14-15H2,1H3,(H,23,25). The highest BCUT2D eigenvalue weighted by Gasteiger charge is 2.28.